The van der Waals surface area contributed by atoms with Crippen molar-refractivity contribution < 1.29 is 4.79 Å². The van der Waals surface area contributed by atoms with E-state index in [0.29, 0.717) is 0 Å². The van der Waals surface area contributed by atoms with E-state index in [0.717, 1.165) is 53.5 Å². The van der Waals surface area contributed by atoms with Crippen molar-refractivity contribution in [2.24, 2.45) is 0 Å². The van der Waals surface area contributed by atoms with Crippen LogP contribution in [-0.2, 0) is 10.5 Å². The van der Waals surface area contributed by atoms with Gasteiger partial charge in [0.1, 0.15) is 6.04 Å². The van der Waals surface area contributed by atoms with Gasteiger partial charge in [-0.25, -0.2) is 4.98 Å². The minimum atomic E-state index is -0.245. The van der Waals surface area contributed by atoms with E-state index in [1.54, 1.807) is 18.0 Å². The number of pyridine rings is 1. The number of thioether (sulfide) groups is 1. The number of nitrogens with one attached hydrogen (secondary N) is 1. The van der Waals surface area contributed by atoms with Gasteiger partial charge in [-0.1, -0.05) is 48.5 Å². The third kappa shape index (κ3) is 5.25. The van der Waals surface area contributed by atoms with E-state index in [1.807, 2.05) is 60.7 Å². The highest BCUT2D eigenvalue weighted by Gasteiger charge is 2.29. The van der Waals surface area contributed by atoms with Crippen LogP contribution in [0.5, 0.6) is 0 Å². The first-order chi connectivity index (χ1) is 14.3. The Bertz CT molecular complexity index is 927. The fourth-order valence-corrected chi connectivity index (χ4v) is 4.51. The molecular weight excluding hydrogens is 378 g/mol. The quantitative estimate of drug-likeness (QED) is 0.554. The Kier molecular flexibility index (Phi) is 6.60. The Morgan fingerprint density at radius 2 is 1.79 bits per heavy atom. The second kappa shape index (κ2) is 9.72. The molecule has 1 N–H and O–H groups in total. The monoisotopic (exact) mass is 403 g/mol. The molecule has 1 aromatic heterocycles. The van der Waals surface area contributed by atoms with Crippen molar-refractivity contribution >= 4 is 23.4 Å². The molecule has 0 saturated carbocycles. The molecule has 3 aromatic rings. The van der Waals surface area contributed by atoms with Crippen LogP contribution in [-0.4, -0.2) is 28.9 Å². The lowest BCUT2D eigenvalue weighted by molar-refractivity contribution is -0.121. The zero-order chi connectivity index (χ0) is 19.9. The minimum absolute atomic E-state index is 0.0348. The molecule has 0 aliphatic carbocycles. The number of aromatic nitrogens is 1. The molecule has 2 heterocycles. The highest BCUT2D eigenvalue weighted by atomic mass is 32.2. The largest absolute Gasteiger partial charge is 0.324 e. The van der Waals surface area contributed by atoms with E-state index in [-0.39, 0.29) is 11.9 Å². The molecule has 0 spiro atoms. The summed E-state index contributed by atoms with van der Waals surface area (Å²) >= 11 is 1.69. The predicted molar refractivity (Wildman–Crippen MR) is 119 cm³/mol. The summed E-state index contributed by atoms with van der Waals surface area (Å²) < 4.78 is 0. The van der Waals surface area contributed by atoms with Gasteiger partial charge in [-0.05, 0) is 61.3 Å². The molecule has 1 amide bonds. The van der Waals surface area contributed by atoms with Crippen LogP contribution in [0.4, 0.5) is 5.69 Å². The van der Waals surface area contributed by atoms with Crippen molar-refractivity contribution in [1.29, 1.82) is 0 Å². The molecule has 0 bridgehead atoms. The number of nitrogens with zero attached hydrogens (tertiary/aromatic N) is 2. The lowest BCUT2D eigenvalue weighted by atomic mass is 10.0. The van der Waals surface area contributed by atoms with E-state index >= 15 is 0 Å². The van der Waals surface area contributed by atoms with Gasteiger partial charge in [-0.3, -0.25) is 9.69 Å². The van der Waals surface area contributed by atoms with Gasteiger partial charge in [-0.2, -0.15) is 0 Å². The summed E-state index contributed by atoms with van der Waals surface area (Å²) in [6.45, 7) is 1.93. The first kappa shape index (κ1) is 19.7. The van der Waals surface area contributed by atoms with Gasteiger partial charge in [0, 0.05) is 17.6 Å². The molecule has 29 heavy (non-hydrogen) atoms. The Labute approximate surface area is 176 Å². The number of amides is 1. The number of carbonyl (C=O) groups excluding carboxylic acids is 1. The number of benzene rings is 2. The molecule has 0 radical (unpaired) electrons. The third-order valence-corrected chi connectivity index (χ3v) is 6.10. The average Bonchev–Trinajstić information content (AvgIpc) is 3.28. The van der Waals surface area contributed by atoms with Crippen LogP contribution < -0.4 is 5.32 Å². The van der Waals surface area contributed by atoms with E-state index in [2.05, 4.69) is 27.3 Å². The zero-order valence-corrected chi connectivity index (χ0v) is 17.1. The van der Waals surface area contributed by atoms with Crippen molar-refractivity contribution in [1.82, 2.24) is 9.88 Å². The average molecular weight is 404 g/mol. The van der Waals surface area contributed by atoms with Crippen molar-refractivity contribution in [2.75, 3.05) is 18.4 Å². The van der Waals surface area contributed by atoms with Gasteiger partial charge in [0.05, 0.1) is 5.03 Å². The van der Waals surface area contributed by atoms with E-state index < -0.39 is 0 Å². The Morgan fingerprint density at radius 3 is 2.55 bits per heavy atom. The molecule has 5 heteroatoms. The molecular formula is C24H25N3OS. The van der Waals surface area contributed by atoms with Gasteiger partial charge in [0.2, 0.25) is 5.91 Å². The number of rotatable bonds is 7. The van der Waals surface area contributed by atoms with Crippen molar-refractivity contribution in [2.45, 2.75) is 29.7 Å². The van der Waals surface area contributed by atoms with E-state index in [9.17, 15) is 4.79 Å². The molecule has 1 aliphatic rings. The van der Waals surface area contributed by atoms with Crippen LogP contribution in [0, 0.1) is 0 Å². The van der Waals surface area contributed by atoms with Crippen LogP contribution in [0.1, 0.15) is 30.0 Å². The summed E-state index contributed by atoms with van der Waals surface area (Å²) in [6.07, 6.45) is 4.11. The normalized spacial score (nSPS) is 15.2. The summed E-state index contributed by atoms with van der Waals surface area (Å²) in [6, 6.07) is 23.9. The SMILES string of the molecule is O=C(Nc1cccc(CSc2ccccn2)c1)C(c1ccccc1)N1CCCC1. The van der Waals surface area contributed by atoms with Gasteiger partial charge in [0.15, 0.2) is 0 Å². The molecule has 1 atom stereocenters. The maximum atomic E-state index is 13.2. The number of anilines is 1. The number of carbonyl (C=O) groups is 1. The van der Waals surface area contributed by atoms with Crippen LogP contribution in [0.15, 0.2) is 84.0 Å². The lowest BCUT2D eigenvalue weighted by Gasteiger charge is -2.27. The predicted octanol–water partition coefficient (Wildman–Crippen LogP) is 5.15. The van der Waals surface area contributed by atoms with Crippen LogP contribution in [0.25, 0.3) is 0 Å². The molecule has 4 rings (SSSR count). The van der Waals surface area contributed by atoms with Gasteiger partial charge >= 0.3 is 0 Å². The van der Waals surface area contributed by atoms with E-state index in [4.69, 9.17) is 0 Å². The highest BCUT2D eigenvalue weighted by Crippen LogP contribution is 2.27. The smallest absolute Gasteiger partial charge is 0.246 e. The Morgan fingerprint density at radius 1 is 1.00 bits per heavy atom. The molecule has 2 aromatic carbocycles. The zero-order valence-electron chi connectivity index (χ0n) is 16.3. The molecule has 4 nitrogen and oxygen atoms in total. The van der Waals surface area contributed by atoms with Gasteiger partial charge in [0.25, 0.3) is 0 Å². The molecule has 1 aliphatic heterocycles. The number of hydrogen-bond donors (Lipinski definition) is 1. The molecule has 148 valence electrons. The van der Waals surface area contributed by atoms with Crippen molar-refractivity contribution in [3.05, 3.63) is 90.1 Å². The first-order valence-corrected chi connectivity index (χ1v) is 11.0. The topological polar surface area (TPSA) is 45.2 Å². The number of hydrogen-bond acceptors (Lipinski definition) is 4. The minimum Gasteiger partial charge on any atom is -0.324 e. The second-order valence-corrected chi connectivity index (χ2v) is 8.20. The third-order valence-electron chi connectivity index (χ3n) is 5.09. The standard InChI is InChI=1S/C24H25N3OS/c28-24(23(27-15-6-7-16-27)20-10-2-1-3-11-20)26-21-12-8-9-19(17-21)18-29-22-13-4-5-14-25-22/h1-5,8-14,17,23H,6-7,15-16,18H2,(H,26,28). The summed E-state index contributed by atoms with van der Waals surface area (Å²) in [4.78, 5) is 19.9. The fraction of sp³-hybridized carbons (Fsp3) is 0.250. The van der Waals surface area contributed by atoms with Crippen LogP contribution >= 0.6 is 11.8 Å². The van der Waals surface area contributed by atoms with Crippen molar-refractivity contribution in [3.63, 3.8) is 0 Å². The lowest BCUT2D eigenvalue weighted by Crippen LogP contribution is -2.35. The van der Waals surface area contributed by atoms with E-state index in [1.165, 1.54) is 0 Å². The number of likely N-dealkylation sites (tertiary alicyclic amines) is 1. The highest BCUT2D eigenvalue weighted by molar-refractivity contribution is 7.98. The summed E-state index contributed by atoms with van der Waals surface area (Å²) in [7, 11) is 0. The fourth-order valence-electron chi connectivity index (χ4n) is 3.70. The maximum Gasteiger partial charge on any atom is 0.246 e. The van der Waals surface area contributed by atoms with Gasteiger partial charge < -0.3 is 5.32 Å². The second-order valence-electron chi connectivity index (χ2n) is 7.20. The van der Waals surface area contributed by atoms with Crippen molar-refractivity contribution in [3.8, 4) is 0 Å². The Balaban J connectivity index is 1.46. The van der Waals surface area contributed by atoms with Gasteiger partial charge in [-0.15, -0.1) is 11.8 Å². The Hall–Kier alpha value is -2.63. The first-order valence-electron chi connectivity index (χ1n) is 10.0. The molecule has 1 saturated heterocycles. The van der Waals surface area contributed by atoms with Crippen LogP contribution in [0.2, 0.25) is 0 Å². The summed E-state index contributed by atoms with van der Waals surface area (Å²) in [5.74, 6) is 0.849. The summed E-state index contributed by atoms with van der Waals surface area (Å²) in [5, 5.41) is 4.15. The molecule has 1 unspecified atom stereocenters. The molecule has 1 fully saturated rings. The van der Waals surface area contributed by atoms with Crippen LogP contribution in [0.3, 0.4) is 0 Å². The maximum absolute atomic E-state index is 13.2. The summed E-state index contributed by atoms with van der Waals surface area (Å²) in [5.41, 5.74) is 3.05.